The summed E-state index contributed by atoms with van der Waals surface area (Å²) < 4.78 is 10.7. The second kappa shape index (κ2) is 5.39. The lowest BCUT2D eigenvalue weighted by Crippen LogP contribution is -2.09. The molecule has 0 saturated heterocycles. The Balaban J connectivity index is 2.04. The fraction of sp³-hybridized carbons (Fsp3) is 0.308. The van der Waals surface area contributed by atoms with Crippen LogP contribution < -0.4 is 10.1 Å². The van der Waals surface area contributed by atoms with Crippen molar-refractivity contribution in [2.24, 2.45) is 0 Å². The SMILES string of the molecule is CC(C)Oc1cccnc1NCc1ccoc1. The summed E-state index contributed by atoms with van der Waals surface area (Å²) in [5, 5.41) is 3.22. The largest absolute Gasteiger partial charge is 0.487 e. The van der Waals surface area contributed by atoms with Gasteiger partial charge in [0.1, 0.15) is 0 Å². The summed E-state index contributed by atoms with van der Waals surface area (Å²) in [6.07, 6.45) is 5.23. The van der Waals surface area contributed by atoms with E-state index in [1.807, 2.05) is 32.0 Å². The van der Waals surface area contributed by atoms with Crippen LogP contribution in [0, 0.1) is 0 Å². The quantitative estimate of drug-likeness (QED) is 0.860. The topological polar surface area (TPSA) is 47.3 Å². The number of nitrogens with one attached hydrogen (secondary N) is 1. The second-order valence-corrected chi connectivity index (χ2v) is 4.00. The highest BCUT2D eigenvalue weighted by molar-refractivity contribution is 5.49. The number of aromatic nitrogens is 1. The van der Waals surface area contributed by atoms with E-state index in [4.69, 9.17) is 9.15 Å². The molecule has 2 aromatic heterocycles. The number of hydrogen-bond acceptors (Lipinski definition) is 4. The number of hydrogen-bond donors (Lipinski definition) is 1. The maximum Gasteiger partial charge on any atom is 0.169 e. The van der Waals surface area contributed by atoms with E-state index < -0.39 is 0 Å². The summed E-state index contributed by atoms with van der Waals surface area (Å²) in [7, 11) is 0. The standard InChI is InChI=1S/C13H16N2O2/c1-10(2)17-12-4-3-6-14-13(12)15-8-11-5-7-16-9-11/h3-7,9-10H,8H2,1-2H3,(H,14,15). The molecular formula is C13H16N2O2. The van der Waals surface area contributed by atoms with E-state index in [0.717, 1.165) is 17.1 Å². The van der Waals surface area contributed by atoms with Gasteiger partial charge in [-0.25, -0.2) is 4.98 Å². The molecule has 0 aromatic carbocycles. The van der Waals surface area contributed by atoms with Crippen molar-refractivity contribution in [3.05, 3.63) is 42.5 Å². The molecule has 0 aliphatic heterocycles. The molecule has 0 saturated carbocycles. The Morgan fingerprint density at radius 2 is 2.29 bits per heavy atom. The van der Waals surface area contributed by atoms with Crippen LogP contribution in [0.3, 0.4) is 0 Å². The number of furan rings is 1. The van der Waals surface area contributed by atoms with Crippen molar-refractivity contribution in [2.45, 2.75) is 26.5 Å². The molecule has 2 rings (SSSR count). The van der Waals surface area contributed by atoms with Crippen molar-refractivity contribution in [3.8, 4) is 5.75 Å². The summed E-state index contributed by atoms with van der Waals surface area (Å²) in [6.45, 7) is 4.65. The van der Waals surface area contributed by atoms with Crippen LogP contribution in [0.4, 0.5) is 5.82 Å². The molecule has 2 aromatic rings. The third-order valence-corrected chi connectivity index (χ3v) is 2.17. The summed E-state index contributed by atoms with van der Waals surface area (Å²) in [5.41, 5.74) is 1.08. The minimum Gasteiger partial charge on any atom is -0.487 e. The minimum absolute atomic E-state index is 0.133. The van der Waals surface area contributed by atoms with E-state index in [-0.39, 0.29) is 6.10 Å². The molecule has 0 radical (unpaired) electrons. The van der Waals surface area contributed by atoms with Gasteiger partial charge in [0.2, 0.25) is 0 Å². The molecule has 0 spiro atoms. The molecule has 0 aliphatic rings. The Bertz CT molecular complexity index is 452. The number of anilines is 1. The molecule has 0 atom stereocenters. The van der Waals surface area contributed by atoms with Crippen molar-refractivity contribution in [3.63, 3.8) is 0 Å². The van der Waals surface area contributed by atoms with Gasteiger partial charge < -0.3 is 14.5 Å². The highest BCUT2D eigenvalue weighted by Gasteiger charge is 2.06. The number of ether oxygens (including phenoxy) is 1. The van der Waals surface area contributed by atoms with Gasteiger partial charge >= 0.3 is 0 Å². The predicted molar refractivity (Wildman–Crippen MR) is 66.0 cm³/mol. The van der Waals surface area contributed by atoms with Gasteiger partial charge in [0.15, 0.2) is 11.6 Å². The highest BCUT2D eigenvalue weighted by atomic mass is 16.5. The van der Waals surface area contributed by atoms with Gasteiger partial charge in [0, 0.05) is 18.3 Å². The van der Waals surface area contributed by atoms with Gasteiger partial charge in [-0.2, -0.15) is 0 Å². The third kappa shape index (κ3) is 3.24. The van der Waals surface area contributed by atoms with Gasteiger partial charge in [0.05, 0.1) is 18.6 Å². The Morgan fingerprint density at radius 1 is 1.41 bits per heavy atom. The zero-order valence-corrected chi connectivity index (χ0v) is 10.0. The van der Waals surface area contributed by atoms with Crippen molar-refractivity contribution in [1.82, 2.24) is 4.98 Å². The van der Waals surface area contributed by atoms with Gasteiger partial charge in [-0.05, 0) is 32.0 Å². The monoisotopic (exact) mass is 232 g/mol. The fourth-order valence-electron chi connectivity index (χ4n) is 1.45. The van der Waals surface area contributed by atoms with Crippen LogP contribution in [0.1, 0.15) is 19.4 Å². The zero-order chi connectivity index (χ0) is 12.1. The zero-order valence-electron chi connectivity index (χ0n) is 10.0. The Hall–Kier alpha value is -1.97. The van der Waals surface area contributed by atoms with Crippen LogP contribution in [0.5, 0.6) is 5.75 Å². The molecule has 0 amide bonds. The third-order valence-electron chi connectivity index (χ3n) is 2.17. The maximum atomic E-state index is 5.67. The first-order valence-corrected chi connectivity index (χ1v) is 5.62. The van der Waals surface area contributed by atoms with Crippen LogP contribution in [0.2, 0.25) is 0 Å². The molecule has 90 valence electrons. The summed E-state index contributed by atoms with van der Waals surface area (Å²) >= 11 is 0. The van der Waals surface area contributed by atoms with E-state index in [1.54, 1.807) is 18.7 Å². The molecule has 0 unspecified atom stereocenters. The van der Waals surface area contributed by atoms with Crippen LogP contribution in [-0.2, 0) is 6.54 Å². The number of pyridine rings is 1. The molecule has 0 aliphatic carbocycles. The molecule has 2 heterocycles. The molecular weight excluding hydrogens is 216 g/mol. The summed E-state index contributed by atoms with van der Waals surface area (Å²) in [4.78, 5) is 4.26. The van der Waals surface area contributed by atoms with E-state index in [0.29, 0.717) is 6.54 Å². The fourth-order valence-corrected chi connectivity index (χ4v) is 1.45. The van der Waals surface area contributed by atoms with Gasteiger partial charge in [-0.15, -0.1) is 0 Å². The Morgan fingerprint density at radius 3 is 3.00 bits per heavy atom. The highest BCUT2D eigenvalue weighted by Crippen LogP contribution is 2.22. The Kier molecular flexibility index (Phi) is 3.65. The van der Waals surface area contributed by atoms with E-state index in [2.05, 4.69) is 10.3 Å². The lowest BCUT2D eigenvalue weighted by Gasteiger charge is -2.13. The van der Waals surface area contributed by atoms with Crippen LogP contribution in [0.15, 0.2) is 41.3 Å². The van der Waals surface area contributed by atoms with Crippen LogP contribution in [0.25, 0.3) is 0 Å². The van der Waals surface area contributed by atoms with Gasteiger partial charge in [-0.1, -0.05) is 0 Å². The maximum absolute atomic E-state index is 5.67. The van der Waals surface area contributed by atoms with Crippen molar-refractivity contribution in [1.29, 1.82) is 0 Å². The molecule has 17 heavy (non-hydrogen) atoms. The van der Waals surface area contributed by atoms with Gasteiger partial charge in [-0.3, -0.25) is 0 Å². The average molecular weight is 232 g/mol. The van der Waals surface area contributed by atoms with E-state index in [1.165, 1.54) is 0 Å². The van der Waals surface area contributed by atoms with Crippen molar-refractivity contribution in [2.75, 3.05) is 5.32 Å². The van der Waals surface area contributed by atoms with Crippen LogP contribution >= 0.6 is 0 Å². The second-order valence-electron chi connectivity index (χ2n) is 4.00. The van der Waals surface area contributed by atoms with E-state index >= 15 is 0 Å². The number of nitrogens with zero attached hydrogens (tertiary/aromatic N) is 1. The summed E-state index contributed by atoms with van der Waals surface area (Å²) in [6, 6.07) is 5.68. The lowest BCUT2D eigenvalue weighted by atomic mass is 10.3. The number of rotatable bonds is 5. The van der Waals surface area contributed by atoms with Crippen LogP contribution in [-0.4, -0.2) is 11.1 Å². The van der Waals surface area contributed by atoms with E-state index in [9.17, 15) is 0 Å². The first-order valence-electron chi connectivity index (χ1n) is 5.62. The average Bonchev–Trinajstić information content (AvgIpc) is 2.80. The molecule has 0 bridgehead atoms. The normalized spacial score (nSPS) is 10.5. The minimum atomic E-state index is 0.133. The first kappa shape index (κ1) is 11.5. The molecule has 1 N–H and O–H groups in total. The lowest BCUT2D eigenvalue weighted by molar-refractivity contribution is 0.243. The van der Waals surface area contributed by atoms with Gasteiger partial charge in [0.25, 0.3) is 0 Å². The molecule has 4 nitrogen and oxygen atoms in total. The van der Waals surface area contributed by atoms with Crippen molar-refractivity contribution >= 4 is 5.82 Å². The predicted octanol–water partition coefficient (Wildman–Crippen LogP) is 3.07. The Labute approximate surface area is 101 Å². The molecule has 0 fully saturated rings. The summed E-state index contributed by atoms with van der Waals surface area (Å²) in [5.74, 6) is 1.52. The first-order chi connectivity index (χ1) is 8.25. The smallest absolute Gasteiger partial charge is 0.169 e. The van der Waals surface area contributed by atoms with Crippen molar-refractivity contribution < 1.29 is 9.15 Å². The molecule has 4 heteroatoms.